The van der Waals surface area contributed by atoms with Gasteiger partial charge in [-0.1, -0.05) is 0 Å². The number of hydrogen-bond acceptors (Lipinski definition) is 5. The van der Waals surface area contributed by atoms with Gasteiger partial charge in [0.05, 0.1) is 17.1 Å². The molecule has 1 heterocycles. The number of esters is 1. The largest absolute Gasteiger partial charge is 0.461 e. The molecule has 98 valence electrons. The molecule has 0 N–H and O–H groups in total. The van der Waals surface area contributed by atoms with Crippen LogP contribution in [-0.4, -0.2) is 22.5 Å². The van der Waals surface area contributed by atoms with Gasteiger partial charge in [0.1, 0.15) is 0 Å². The van der Waals surface area contributed by atoms with Gasteiger partial charge in [-0.05, 0) is 6.92 Å². The third kappa shape index (κ3) is 2.93. The zero-order chi connectivity index (χ0) is 13.9. The molecule has 0 saturated heterocycles. The predicted octanol–water partition coefficient (Wildman–Crippen LogP) is 2.19. The maximum absolute atomic E-state index is 12.3. The van der Waals surface area contributed by atoms with Gasteiger partial charge >= 0.3 is 17.8 Å². The number of carbonyl (C=O) groups is 1. The van der Waals surface area contributed by atoms with Crippen molar-refractivity contribution >= 4 is 11.7 Å². The standard InChI is InChI=1S/C9H7F3N2O4/c1-2-18-8(15)7-6(14(16)17)3-5(4-13-7)9(10,11)12/h3-4H,2H2,1H3. The van der Waals surface area contributed by atoms with E-state index in [1.807, 2.05) is 0 Å². The zero-order valence-electron chi connectivity index (χ0n) is 9.02. The topological polar surface area (TPSA) is 82.3 Å². The molecule has 18 heavy (non-hydrogen) atoms. The number of carbonyl (C=O) groups excluding carboxylic acids is 1. The van der Waals surface area contributed by atoms with Gasteiger partial charge in [0.2, 0.25) is 5.69 Å². The summed E-state index contributed by atoms with van der Waals surface area (Å²) >= 11 is 0. The molecule has 0 aliphatic carbocycles. The van der Waals surface area contributed by atoms with Gasteiger partial charge in [-0.3, -0.25) is 10.1 Å². The first-order valence-electron chi connectivity index (χ1n) is 4.66. The number of nitro groups is 1. The smallest absolute Gasteiger partial charge is 0.418 e. The van der Waals surface area contributed by atoms with Crippen molar-refractivity contribution in [3.8, 4) is 0 Å². The first kappa shape index (κ1) is 13.9. The molecule has 0 bridgehead atoms. The average molecular weight is 264 g/mol. The Bertz CT molecular complexity index is 487. The molecular weight excluding hydrogens is 257 g/mol. The fourth-order valence-corrected chi connectivity index (χ4v) is 1.10. The van der Waals surface area contributed by atoms with Crippen molar-refractivity contribution < 1.29 is 27.6 Å². The van der Waals surface area contributed by atoms with Crippen LogP contribution in [-0.2, 0) is 10.9 Å². The highest BCUT2D eigenvalue weighted by molar-refractivity contribution is 5.91. The molecule has 0 fully saturated rings. The summed E-state index contributed by atoms with van der Waals surface area (Å²) in [6.45, 7) is 1.38. The monoisotopic (exact) mass is 264 g/mol. The van der Waals surface area contributed by atoms with Gasteiger partial charge in [0, 0.05) is 12.3 Å². The van der Waals surface area contributed by atoms with Crippen molar-refractivity contribution in [3.63, 3.8) is 0 Å². The van der Waals surface area contributed by atoms with E-state index in [1.54, 1.807) is 0 Å². The lowest BCUT2D eigenvalue weighted by molar-refractivity contribution is -0.385. The molecule has 1 rings (SSSR count). The number of rotatable bonds is 3. The minimum Gasteiger partial charge on any atom is -0.461 e. The van der Waals surface area contributed by atoms with Crippen LogP contribution in [0, 0.1) is 10.1 Å². The highest BCUT2D eigenvalue weighted by Crippen LogP contribution is 2.31. The minimum absolute atomic E-state index is 0.0707. The van der Waals surface area contributed by atoms with E-state index >= 15 is 0 Å². The Kier molecular flexibility index (Phi) is 3.84. The Labute approximate surface area is 98.5 Å². The van der Waals surface area contributed by atoms with E-state index in [-0.39, 0.29) is 12.7 Å². The number of aromatic nitrogens is 1. The molecule has 9 heteroatoms. The van der Waals surface area contributed by atoms with Crippen molar-refractivity contribution in [2.45, 2.75) is 13.1 Å². The fraction of sp³-hybridized carbons (Fsp3) is 0.333. The number of hydrogen-bond donors (Lipinski definition) is 0. The van der Waals surface area contributed by atoms with E-state index in [9.17, 15) is 28.1 Å². The molecule has 0 amide bonds. The first-order valence-corrected chi connectivity index (χ1v) is 4.66. The Morgan fingerprint density at radius 1 is 1.56 bits per heavy atom. The normalized spacial score (nSPS) is 11.1. The van der Waals surface area contributed by atoms with Gasteiger partial charge in [-0.25, -0.2) is 9.78 Å². The average Bonchev–Trinajstić information content (AvgIpc) is 2.27. The first-order chi connectivity index (χ1) is 8.27. The fourth-order valence-electron chi connectivity index (χ4n) is 1.10. The predicted molar refractivity (Wildman–Crippen MR) is 51.8 cm³/mol. The Balaban J connectivity index is 3.30. The lowest BCUT2D eigenvalue weighted by atomic mass is 10.2. The van der Waals surface area contributed by atoms with Crippen LogP contribution in [0.25, 0.3) is 0 Å². The molecular formula is C9H7F3N2O4. The van der Waals surface area contributed by atoms with Gasteiger partial charge in [-0.15, -0.1) is 0 Å². The molecule has 1 aromatic heterocycles. The third-order valence-electron chi connectivity index (χ3n) is 1.86. The summed E-state index contributed by atoms with van der Waals surface area (Å²) in [4.78, 5) is 23.9. The van der Waals surface area contributed by atoms with Crippen LogP contribution in [0.15, 0.2) is 12.3 Å². The van der Waals surface area contributed by atoms with Gasteiger partial charge in [-0.2, -0.15) is 13.2 Å². The Morgan fingerprint density at radius 2 is 2.17 bits per heavy atom. The molecule has 1 aromatic rings. The number of nitrogens with zero attached hydrogens (tertiary/aromatic N) is 2. The Morgan fingerprint density at radius 3 is 2.61 bits per heavy atom. The highest BCUT2D eigenvalue weighted by atomic mass is 19.4. The Hall–Kier alpha value is -2.19. The molecule has 0 atom stereocenters. The second kappa shape index (κ2) is 4.98. The molecule has 0 aromatic carbocycles. The lowest BCUT2D eigenvalue weighted by Crippen LogP contribution is -2.13. The van der Waals surface area contributed by atoms with Crippen molar-refractivity contribution in [1.29, 1.82) is 0 Å². The maximum atomic E-state index is 12.3. The van der Waals surface area contributed by atoms with Gasteiger partial charge < -0.3 is 4.74 Å². The van der Waals surface area contributed by atoms with E-state index in [0.717, 1.165) is 0 Å². The molecule has 0 unspecified atom stereocenters. The quantitative estimate of drug-likeness (QED) is 0.474. The number of ether oxygens (including phenoxy) is 1. The summed E-state index contributed by atoms with van der Waals surface area (Å²) in [5.41, 5.74) is -3.10. The van der Waals surface area contributed by atoms with Crippen LogP contribution >= 0.6 is 0 Å². The van der Waals surface area contributed by atoms with Gasteiger partial charge in [0.15, 0.2) is 0 Å². The van der Waals surface area contributed by atoms with Crippen LogP contribution in [0.4, 0.5) is 18.9 Å². The third-order valence-corrected chi connectivity index (χ3v) is 1.86. The van der Waals surface area contributed by atoms with E-state index in [1.165, 1.54) is 6.92 Å². The van der Waals surface area contributed by atoms with Crippen molar-refractivity contribution in [1.82, 2.24) is 4.98 Å². The molecule has 0 aliphatic rings. The van der Waals surface area contributed by atoms with Crippen LogP contribution < -0.4 is 0 Å². The lowest BCUT2D eigenvalue weighted by Gasteiger charge is -2.07. The second-order valence-corrected chi connectivity index (χ2v) is 3.07. The van der Waals surface area contributed by atoms with E-state index in [2.05, 4.69) is 9.72 Å². The van der Waals surface area contributed by atoms with Crippen LogP contribution in [0.2, 0.25) is 0 Å². The summed E-state index contributed by atoms with van der Waals surface area (Å²) in [7, 11) is 0. The molecule has 0 spiro atoms. The van der Waals surface area contributed by atoms with E-state index in [0.29, 0.717) is 6.20 Å². The summed E-state index contributed by atoms with van der Waals surface area (Å²) in [6.07, 6.45) is -4.43. The number of alkyl halides is 3. The minimum atomic E-state index is -4.77. The summed E-state index contributed by atoms with van der Waals surface area (Å²) in [5.74, 6) is -1.14. The van der Waals surface area contributed by atoms with Crippen LogP contribution in [0.3, 0.4) is 0 Å². The van der Waals surface area contributed by atoms with Crippen LogP contribution in [0.5, 0.6) is 0 Å². The van der Waals surface area contributed by atoms with E-state index < -0.39 is 34.0 Å². The van der Waals surface area contributed by atoms with Gasteiger partial charge in [0.25, 0.3) is 0 Å². The maximum Gasteiger partial charge on any atom is 0.418 e. The van der Waals surface area contributed by atoms with Crippen LogP contribution in [0.1, 0.15) is 23.0 Å². The number of pyridine rings is 1. The molecule has 0 aliphatic heterocycles. The molecule has 0 radical (unpaired) electrons. The molecule has 6 nitrogen and oxygen atoms in total. The SMILES string of the molecule is CCOC(=O)c1ncc(C(F)(F)F)cc1[N+](=O)[O-]. The van der Waals surface area contributed by atoms with Crippen molar-refractivity contribution in [2.75, 3.05) is 6.61 Å². The second-order valence-electron chi connectivity index (χ2n) is 3.07. The summed E-state index contributed by atoms with van der Waals surface area (Å²) in [6, 6.07) is 0.249. The molecule has 0 saturated carbocycles. The van der Waals surface area contributed by atoms with Crippen molar-refractivity contribution in [3.05, 3.63) is 33.6 Å². The zero-order valence-corrected chi connectivity index (χ0v) is 9.02. The number of halogens is 3. The summed E-state index contributed by atoms with van der Waals surface area (Å²) in [5, 5.41) is 10.6. The van der Waals surface area contributed by atoms with Crippen molar-refractivity contribution in [2.24, 2.45) is 0 Å². The highest BCUT2D eigenvalue weighted by Gasteiger charge is 2.35. The van der Waals surface area contributed by atoms with E-state index in [4.69, 9.17) is 0 Å². The summed E-state index contributed by atoms with van der Waals surface area (Å²) < 4.78 is 41.5.